The number of carbonyl (C=O) groups excluding carboxylic acids is 1. The molecule has 2 N–H and O–H groups in total. The summed E-state index contributed by atoms with van der Waals surface area (Å²) in [5.41, 5.74) is -0.000723. The molecule has 0 fully saturated rings. The fourth-order valence-corrected chi connectivity index (χ4v) is 2.98. The number of fused-ring (bicyclic) bond motifs is 1. The van der Waals surface area contributed by atoms with Gasteiger partial charge in [0.15, 0.2) is 0 Å². The average molecular weight is 393 g/mol. The Labute approximate surface area is 167 Å². The second-order valence-electron chi connectivity index (χ2n) is 5.84. The average Bonchev–Trinajstić information content (AvgIpc) is 2.70. The predicted molar refractivity (Wildman–Crippen MR) is 106 cm³/mol. The quantitative estimate of drug-likeness (QED) is 0.660. The first kappa shape index (κ1) is 13.3. The minimum absolute atomic E-state index is 0.0475. The van der Waals surface area contributed by atoms with Gasteiger partial charge >= 0.3 is 6.03 Å². The number of anilines is 1. The highest BCUT2D eigenvalue weighted by Gasteiger charge is 2.22. The summed E-state index contributed by atoms with van der Waals surface area (Å²) in [6.45, 7) is -4.85. The van der Waals surface area contributed by atoms with Crippen LogP contribution in [0.5, 0.6) is 0 Å². The highest BCUT2D eigenvalue weighted by atomic mass is 35.5. The number of H-pyrrole nitrogens is 1. The lowest BCUT2D eigenvalue weighted by Crippen LogP contribution is -2.37. The zero-order valence-electron chi connectivity index (χ0n) is 19.2. The molecule has 0 aliphatic rings. The van der Waals surface area contributed by atoms with Gasteiger partial charge in [0.2, 0.25) is 0 Å². The van der Waals surface area contributed by atoms with Crippen LogP contribution >= 0.6 is 11.6 Å². The minimum Gasteiger partial charge on any atom is -0.328 e. The van der Waals surface area contributed by atoms with Crippen LogP contribution in [-0.4, -0.2) is 22.4 Å². The van der Waals surface area contributed by atoms with Crippen LogP contribution in [0.2, 0.25) is 5.02 Å². The number of aromatic nitrogens is 1. The van der Waals surface area contributed by atoms with E-state index in [4.69, 9.17) is 18.5 Å². The summed E-state index contributed by atoms with van der Waals surface area (Å²) in [5, 5.41) is 2.84. The van der Waals surface area contributed by atoms with Gasteiger partial charge in [-0.3, -0.25) is 4.79 Å². The molecule has 0 bridgehead atoms. The molecule has 1 aromatic heterocycles. The van der Waals surface area contributed by atoms with Crippen molar-refractivity contribution < 1.29 is 16.0 Å². The molecular formula is C20H19ClFN3O2. The van der Waals surface area contributed by atoms with Crippen LogP contribution in [0.1, 0.15) is 32.2 Å². The van der Waals surface area contributed by atoms with Crippen molar-refractivity contribution in [1.29, 1.82) is 0 Å². The van der Waals surface area contributed by atoms with Gasteiger partial charge in [-0.15, -0.1) is 0 Å². The number of carbonyl (C=O) groups is 1. The molecule has 0 aliphatic heterocycles. The number of rotatable bonds is 4. The van der Waals surface area contributed by atoms with E-state index in [0.717, 1.165) is 12.1 Å². The van der Waals surface area contributed by atoms with Crippen LogP contribution in [0.3, 0.4) is 0 Å². The molecule has 5 nitrogen and oxygen atoms in total. The Morgan fingerprint density at radius 3 is 2.81 bits per heavy atom. The van der Waals surface area contributed by atoms with Gasteiger partial charge in [0, 0.05) is 30.6 Å². The van der Waals surface area contributed by atoms with Crippen LogP contribution in [0.15, 0.2) is 53.5 Å². The number of aromatic amines is 1. The molecule has 1 atom stereocenters. The molecule has 0 radical (unpaired) electrons. The second kappa shape index (κ2) is 7.80. The minimum atomic E-state index is -3.20. The van der Waals surface area contributed by atoms with E-state index in [1.54, 1.807) is 24.3 Å². The van der Waals surface area contributed by atoms with E-state index >= 15 is 0 Å². The molecule has 2 amide bonds. The van der Waals surface area contributed by atoms with Gasteiger partial charge in [-0.25, -0.2) is 9.18 Å². The standard InChI is InChI=1S/C20H19ClFN3O2/c1-3-25(20(27)24-13-8-9-18(22)17(21)10-13)12(2)16-11-23-19(26)15-7-5-4-6-14(15)16/h4-12H,3H2,1-2H3,(H,23,26)(H,24,27)/t12-/m0/s1/i1D3,3D2. The number of urea groups is 1. The molecule has 0 saturated heterocycles. The third-order valence-corrected chi connectivity index (χ3v) is 4.48. The van der Waals surface area contributed by atoms with Crippen LogP contribution in [0, 0.1) is 5.82 Å². The summed E-state index contributed by atoms with van der Waals surface area (Å²) in [6, 6.07) is 7.64. The summed E-state index contributed by atoms with van der Waals surface area (Å²) in [7, 11) is 0. The molecule has 27 heavy (non-hydrogen) atoms. The molecule has 2 aromatic carbocycles. The van der Waals surface area contributed by atoms with E-state index < -0.39 is 31.2 Å². The van der Waals surface area contributed by atoms with E-state index in [1.807, 2.05) is 0 Å². The van der Waals surface area contributed by atoms with E-state index in [-0.39, 0.29) is 16.3 Å². The van der Waals surface area contributed by atoms with E-state index in [2.05, 4.69) is 10.3 Å². The fourth-order valence-electron chi connectivity index (χ4n) is 2.80. The van der Waals surface area contributed by atoms with Gasteiger partial charge in [-0.05, 0) is 49.0 Å². The van der Waals surface area contributed by atoms with E-state index in [9.17, 15) is 14.0 Å². The Bertz CT molecular complexity index is 1230. The van der Waals surface area contributed by atoms with Gasteiger partial charge < -0.3 is 15.2 Å². The van der Waals surface area contributed by atoms with Gasteiger partial charge in [-0.1, -0.05) is 29.8 Å². The Kier molecular flexibility index (Phi) is 3.85. The highest BCUT2D eigenvalue weighted by Crippen LogP contribution is 2.27. The summed E-state index contributed by atoms with van der Waals surface area (Å²) in [5.74, 6) is -0.715. The highest BCUT2D eigenvalue weighted by molar-refractivity contribution is 6.31. The summed E-state index contributed by atoms with van der Waals surface area (Å²) >= 11 is 5.74. The molecular weight excluding hydrogens is 369 g/mol. The van der Waals surface area contributed by atoms with Crippen molar-refractivity contribution >= 4 is 34.1 Å². The third kappa shape index (κ3) is 3.80. The molecule has 0 saturated carbocycles. The Balaban J connectivity index is 2.11. The van der Waals surface area contributed by atoms with Gasteiger partial charge in [0.1, 0.15) is 5.82 Å². The number of halogens is 2. The third-order valence-electron chi connectivity index (χ3n) is 4.19. The number of hydrogen-bond donors (Lipinski definition) is 2. The maximum atomic E-state index is 13.5. The molecule has 0 aliphatic carbocycles. The molecule has 7 heteroatoms. The largest absolute Gasteiger partial charge is 0.328 e. The molecule has 1 heterocycles. The monoisotopic (exact) mass is 392 g/mol. The predicted octanol–water partition coefficient (Wildman–Crippen LogP) is 4.94. The Morgan fingerprint density at radius 1 is 1.37 bits per heavy atom. The van der Waals surface area contributed by atoms with Crippen molar-refractivity contribution in [2.45, 2.75) is 19.8 Å². The number of hydrogen-bond acceptors (Lipinski definition) is 2. The molecule has 3 rings (SSSR count). The van der Waals surface area contributed by atoms with Crippen molar-refractivity contribution in [3.8, 4) is 0 Å². The lowest BCUT2D eigenvalue weighted by Gasteiger charge is -2.29. The first-order valence-electron chi connectivity index (χ1n) is 10.5. The molecule has 0 spiro atoms. The topological polar surface area (TPSA) is 65.2 Å². The zero-order chi connectivity index (χ0) is 23.8. The molecule has 140 valence electrons. The Hall–Kier alpha value is -2.86. The lowest BCUT2D eigenvalue weighted by molar-refractivity contribution is 0.197. The van der Waals surface area contributed by atoms with Crippen molar-refractivity contribution in [3.05, 3.63) is 75.4 Å². The number of amides is 2. The van der Waals surface area contributed by atoms with Crippen molar-refractivity contribution in [1.82, 2.24) is 9.88 Å². The van der Waals surface area contributed by atoms with E-state index in [0.29, 0.717) is 21.2 Å². The van der Waals surface area contributed by atoms with Crippen molar-refractivity contribution in [3.63, 3.8) is 0 Å². The number of nitrogens with zero attached hydrogens (tertiary/aromatic N) is 1. The lowest BCUT2D eigenvalue weighted by atomic mass is 10.0. The van der Waals surface area contributed by atoms with Crippen molar-refractivity contribution in [2.24, 2.45) is 0 Å². The smallest absolute Gasteiger partial charge is 0.322 e. The normalized spacial score (nSPS) is 15.7. The van der Waals surface area contributed by atoms with Crippen LogP contribution in [-0.2, 0) is 0 Å². The maximum absolute atomic E-state index is 13.5. The fraction of sp³-hybridized carbons (Fsp3) is 0.200. The maximum Gasteiger partial charge on any atom is 0.322 e. The summed E-state index contributed by atoms with van der Waals surface area (Å²) in [4.78, 5) is 28.4. The van der Waals surface area contributed by atoms with Crippen molar-refractivity contribution in [2.75, 3.05) is 11.8 Å². The van der Waals surface area contributed by atoms with Crippen LogP contribution in [0.4, 0.5) is 14.9 Å². The van der Waals surface area contributed by atoms with Gasteiger partial charge in [0.25, 0.3) is 5.56 Å². The first-order chi connectivity index (χ1) is 14.8. The second-order valence-corrected chi connectivity index (χ2v) is 6.24. The van der Waals surface area contributed by atoms with Crippen LogP contribution in [0.25, 0.3) is 10.8 Å². The summed E-state index contributed by atoms with van der Waals surface area (Å²) in [6.07, 6.45) is 1.32. The Morgan fingerprint density at radius 2 is 2.11 bits per heavy atom. The zero-order valence-corrected chi connectivity index (χ0v) is 15.0. The van der Waals surface area contributed by atoms with Gasteiger partial charge in [-0.2, -0.15) is 0 Å². The number of pyridine rings is 1. The van der Waals surface area contributed by atoms with E-state index in [1.165, 1.54) is 19.2 Å². The summed E-state index contributed by atoms with van der Waals surface area (Å²) < 4.78 is 52.9. The van der Waals surface area contributed by atoms with Gasteiger partial charge in [0.05, 0.1) is 11.1 Å². The SMILES string of the molecule is [2H]C([2H])([2H])C([2H])([2H])N(C(=O)Nc1ccc(F)c(Cl)c1)[C@@H](C)c1c[nH]c(=O)c2ccccc12. The molecule has 3 aromatic rings. The number of nitrogens with one attached hydrogen (secondary N) is 2. The number of benzene rings is 2. The molecule has 0 unspecified atom stereocenters. The first-order valence-corrected chi connectivity index (χ1v) is 8.38. The van der Waals surface area contributed by atoms with Crippen LogP contribution < -0.4 is 10.9 Å².